The first-order valence-electron chi connectivity index (χ1n) is 10.4. The minimum atomic E-state index is -0.176. The molecule has 0 aliphatic rings. The summed E-state index contributed by atoms with van der Waals surface area (Å²) in [4.78, 5) is 17.4. The van der Waals surface area contributed by atoms with E-state index in [0.717, 1.165) is 23.3 Å². The maximum absolute atomic E-state index is 12.6. The Morgan fingerprint density at radius 1 is 1.06 bits per heavy atom. The van der Waals surface area contributed by atoms with Crippen LogP contribution in [0.2, 0.25) is 5.02 Å². The van der Waals surface area contributed by atoms with Crippen LogP contribution in [0.25, 0.3) is 11.0 Å². The number of hydrogen-bond acceptors (Lipinski definition) is 4. The monoisotopic (exact) mass is 449 g/mol. The zero-order chi connectivity index (χ0) is 22.3. The molecule has 6 nitrogen and oxygen atoms in total. The molecule has 1 heterocycles. The molecule has 0 fully saturated rings. The van der Waals surface area contributed by atoms with Crippen molar-refractivity contribution in [2.45, 2.75) is 19.5 Å². The summed E-state index contributed by atoms with van der Waals surface area (Å²) in [5, 5.41) is 3.56. The Morgan fingerprint density at radius 3 is 2.72 bits per heavy atom. The van der Waals surface area contributed by atoms with Crippen LogP contribution >= 0.6 is 11.6 Å². The molecule has 1 amide bonds. The molecule has 0 saturated carbocycles. The van der Waals surface area contributed by atoms with Crippen LogP contribution in [0.5, 0.6) is 11.5 Å². The van der Waals surface area contributed by atoms with Gasteiger partial charge >= 0.3 is 0 Å². The number of imidazole rings is 1. The van der Waals surface area contributed by atoms with E-state index in [9.17, 15) is 4.79 Å². The predicted molar refractivity (Wildman–Crippen MR) is 125 cm³/mol. The van der Waals surface area contributed by atoms with Gasteiger partial charge in [-0.1, -0.05) is 41.9 Å². The Labute approximate surface area is 191 Å². The van der Waals surface area contributed by atoms with Gasteiger partial charge in [0.15, 0.2) is 0 Å². The second-order valence-electron chi connectivity index (χ2n) is 7.22. The molecule has 0 saturated heterocycles. The highest BCUT2D eigenvalue weighted by Crippen LogP contribution is 2.23. The first-order chi connectivity index (χ1) is 15.7. The van der Waals surface area contributed by atoms with Gasteiger partial charge in [-0.25, -0.2) is 4.98 Å². The number of carbonyl (C=O) groups is 1. The van der Waals surface area contributed by atoms with Crippen molar-refractivity contribution in [2.24, 2.45) is 0 Å². The first kappa shape index (κ1) is 21.7. The largest absolute Gasteiger partial charge is 0.497 e. The van der Waals surface area contributed by atoms with E-state index >= 15 is 0 Å². The number of methoxy groups -OCH3 is 1. The highest BCUT2D eigenvalue weighted by Gasteiger charge is 2.13. The molecule has 0 atom stereocenters. The smallest absolute Gasteiger partial charge is 0.251 e. The van der Waals surface area contributed by atoms with Gasteiger partial charge in [-0.05, 0) is 48.9 Å². The highest BCUT2D eigenvalue weighted by molar-refractivity contribution is 6.32. The second-order valence-corrected chi connectivity index (χ2v) is 7.62. The summed E-state index contributed by atoms with van der Waals surface area (Å²) in [6.45, 7) is 1.54. The van der Waals surface area contributed by atoms with E-state index in [1.54, 1.807) is 31.4 Å². The van der Waals surface area contributed by atoms with Crippen molar-refractivity contribution in [1.82, 2.24) is 14.9 Å². The van der Waals surface area contributed by atoms with Crippen LogP contribution in [-0.2, 0) is 13.1 Å². The lowest BCUT2D eigenvalue weighted by atomic mass is 10.2. The fourth-order valence-corrected chi connectivity index (χ4v) is 3.69. The fourth-order valence-electron chi connectivity index (χ4n) is 3.50. The van der Waals surface area contributed by atoms with Crippen LogP contribution in [0.4, 0.5) is 0 Å². The molecule has 0 unspecified atom stereocenters. The van der Waals surface area contributed by atoms with Crippen molar-refractivity contribution in [3.8, 4) is 11.5 Å². The molecule has 4 aromatic rings. The molecule has 0 bridgehead atoms. The number of rotatable bonds is 9. The molecular weight excluding hydrogens is 426 g/mol. The third-order valence-electron chi connectivity index (χ3n) is 5.09. The van der Waals surface area contributed by atoms with Crippen LogP contribution in [0.1, 0.15) is 22.6 Å². The van der Waals surface area contributed by atoms with E-state index in [-0.39, 0.29) is 5.91 Å². The predicted octanol–water partition coefficient (Wildman–Crippen LogP) is 5.10. The molecule has 1 aromatic heterocycles. The minimum Gasteiger partial charge on any atom is -0.497 e. The number of aromatic nitrogens is 2. The summed E-state index contributed by atoms with van der Waals surface area (Å²) in [5.74, 6) is 1.93. The lowest BCUT2D eigenvalue weighted by Gasteiger charge is -2.12. The zero-order valence-corrected chi connectivity index (χ0v) is 18.5. The summed E-state index contributed by atoms with van der Waals surface area (Å²) < 4.78 is 13.1. The molecular formula is C25H24ClN3O3. The van der Waals surface area contributed by atoms with Crippen molar-refractivity contribution in [1.29, 1.82) is 0 Å². The third kappa shape index (κ3) is 5.03. The number of halogens is 1. The fraction of sp³-hybridized carbons (Fsp3) is 0.200. The van der Waals surface area contributed by atoms with Crippen LogP contribution < -0.4 is 14.8 Å². The van der Waals surface area contributed by atoms with E-state index in [1.807, 2.05) is 48.5 Å². The summed E-state index contributed by atoms with van der Waals surface area (Å²) in [5.41, 5.74) is 2.46. The van der Waals surface area contributed by atoms with Gasteiger partial charge in [0.25, 0.3) is 5.91 Å². The maximum atomic E-state index is 12.6. The SMILES string of the molecule is COc1cccc(C(=O)NCc2nc3ccccc3n2CCCOc2ccccc2Cl)c1. The Hall–Kier alpha value is -3.51. The molecule has 7 heteroatoms. The Kier molecular flexibility index (Phi) is 6.92. The van der Waals surface area contributed by atoms with Crippen molar-refractivity contribution < 1.29 is 14.3 Å². The molecule has 0 aliphatic heterocycles. The Balaban J connectivity index is 1.44. The number of nitrogens with one attached hydrogen (secondary N) is 1. The Bertz CT molecular complexity index is 1220. The lowest BCUT2D eigenvalue weighted by Crippen LogP contribution is -2.25. The topological polar surface area (TPSA) is 65.4 Å². The van der Waals surface area contributed by atoms with Gasteiger partial charge < -0.3 is 19.4 Å². The van der Waals surface area contributed by atoms with Crippen LogP contribution in [-0.4, -0.2) is 29.2 Å². The van der Waals surface area contributed by atoms with Gasteiger partial charge in [-0.15, -0.1) is 0 Å². The van der Waals surface area contributed by atoms with Crippen molar-refractivity contribution in [3.05, 3.63) is 89.2 Å². The molecule has 164 valence electrons. The number of nitrogens with zero attached hydrogens (tertiary/aromatic N) is 2. The Morgan fingerprint density at radius 2 is 1.88 bits per heavy atom. The van der Waals surface area contributed by atoms with Crippen LogP contribution in [0.15, 0.2) is 72.8 Å². The molecule has 1 N–H and O–H groups in total. The number of hydrogen-bond donors (Lipinski definition) is 1. The van der Waals surface area contributed by atoms with E-state index in [0.29, 0.717) is 41.8 Å². The number of ether oxygens (including phenoxy) is 2. The van der Waals surface area contributed by atoms with Gasteiger partial charge in [-0.3, -0.25) is 4.79 Å². The standard InChI is InChI=1S/C25H24ClN3O3/c1-31-19-9-6-8-18(16-19)25(30)27-17-24-28-21-11-3-4-12-22(21)29(24)14-7-15-32-23-13-5-2-10-20(23)26/h2-6,8-13,16H,7,14-15,17H2,1H3,(H,27,30). The molecule has 0 radical (unpaired) electrons. The van der Waals surface area contributed by atoms with Gasteiger partial charge in [0.1, 0.15) is 17.3 Å². The third-order valence-corrected chi connectivity index (χ3v) is 5.41. The van der Waals surface area contributed by atoms with Crippen LogP contribution in [0, 0.1) is 0 Å². The number of carbonyl (C=O) groups excluding carboxylic acids is 1. The summed E-state index contributed by atoms with van der Waals surface area (Å²) in [6.07, 6.45) is 0.766. The quantitative estimate of drug-likeness (QED) is 0.361. The van der Waals surface area contributed by atoms with E-state index in [4.69, 9.17) is 26.1 Å². The van der Waals surface area contributed by atoms with Gasteiger partial charge in [0, 0.05) is 12.1 Å². The molecule has 0 aliphatic carbocycles. The molecule has 32 heavy (non-hydrogen) atoms. The minimum absolute atomic E-state index is 0.176. The normalized spacial score (nSPS) is 10.8. The number of benzene rings is 3. The lowest BCUT2D eigenvalue weighted by molar-refractivity contribution is 0.0949. The number of amides is 1. The van der Waals surface area contributed by atoms with Crippen molar-refractivity contribution in [3.63, 3.8) is 0 Å². The number of para-hydroxylation sites is 3. The molecule has 3 aromatic carbocycles. The van der Waals surface area contributed by atoms with E-state index in [1.165, 1.54) is 0 Å². The molecule has 4 rings (SSSR count). The highest BCUT2D eigenvalue weighted by atomic mass is 35.5. The van der Waals surface area contributed by atoms with E-state index < -0.39 is 0 Å². The number of fused-ring (bicyclic) bond motifs is 1. The first-order valence-corrected chi connectivity index (χ1v) is 10.8. The van der Waals surface area contributed by atoms with Crippen molar-refractivity contribution >= 4 is 28.5 Å². The van der Waals surface area contributed by atoms with Gasteiger partial charge in [0.05, 0.1) is 36.3 Å². The summed E-state index contributed by atoms with van der Waals surface area (Å²) in [6, 6.07) is 22.5. The average Bonchev–Trinajstić information content (AvgIpc) is 3.18. The van der Waals surface area contributed by atoms with E-state index in [2.05, 4.69) is 9.88 Å². The van der Waals surface area contributed by atoms with Crippen molar-refractivity contribution in [2.75, 3.05) is 13.7 Å². The van der Waals surface area contributed by atoms with Gasteiger partial charge in [-0.2, -0.15) is 0 Å². The second kappa shape index (κ2) is 10.2. The number of aryl methyl sites for hydroxylation is 1. The summed E-state index contributed by atoms with van der Waals surface area (Å²) >= 11 is 6.16. The zero-order valence-electron chi connectivity index (χ0n) is 17.8. The molecule has 0 spiro atoms. The van der Waals surface area contributed by atoms with Gasteiger partial charge in [0.2, 0.25) is 0 Å². The maximum Gasteiger partial charge on any atom is 0.251 e. The average molecular weight is 450 g/mol. The summed E-state index contributed by atoms with van der Waals surface area (Å²) in [7, 11) is 1.58. The van der Waals surface area contributed by atoms with Crippen LogP contribution in [0.3, 0.4) is 0 Å².